The van der Waals surface area contributed by atoms with Gasteiger partial charge in [-0.1, -0.05) is 228 Å². The van der Waals surface area contributed by atoms with Crippen LogP contribution in [0.15, 0.2) is 72.9 Å². The van der Waals surface area contributed by atoms with Crippen molar-refractivity contribution in [3.05, 3.63) is 72.9 Å². The van der Waals surface area contributed by atoms with Crippen LogP contribution in [0.4, 0.5) is 0 Å². The molecule has 0 bridgehead atoms. The minimum Gasteiger partial charge on any atom is -0.462 e. The fourth-order valence-corrected chi connectivity index (χ4v) is 6.52. The van der Waals surface area contributed by atoms with Crippen molar-refractivity contribution in [2.75, 3.05) is 13.2 Å². The Labute approximate surface area is 346 Å². The first-order valence-corrected chi connectivity index (χ1v) is 23.5. The number of carbonyl (C=O) groups excluding carboxylic acids is 2. The van der Waals surface area contributed by atoms with Gasteiger partial charge in [0.2, 0.25) is 0 Å². The average molecular weight is 781 g/mol. The Morgan fingerprint density at radius 1 is 0.429 bits per heavy atom. The van der Waals surface area contributed by atoms with Gasteiger partial charge in [-0.15, -0.1) is 0 Å². The maximum absolute atomic E-state index is 12.2. The Bertz CT molecular complexity index is 1020. The van der Waals surface area contributed by atoms with Gasteiger partial charge in [-0.3, -0.25) is 9.59 Å². The molecular formula is C51H88O5. The van der Waals surface area contributed by atoms with Crippen molar-refractivity contribution in [1.29, 1.82) is 0 Å². The van der Waals surface area contributed by atoms with Gasteiger partial charge in [-0.05, 0) is 51.4 Å². The lowest BCUT2D eigenvalue weighted by Gasteiger charge is -2.15. The van der Waals surface area contributed by atoms with E-state index in [1.807, 2.05) is 12.2 Å². The number of aliphatic hydroxyl groups is 1. The molecule has 0 aromatic heterocycles. The number of esters is 2. The Hall–Kier alpha value is -2.66. The van der Waals surface area contributed by atoms with Crippen LogP contribution in [0.3, 0.4) is 0 Å². The maximum Gasteiger partial charge on any atom is 0.306 e. The molecule has 0 fully saturated rings. The van der Waals surface area contributed by atoms with Crippen LogP contribution >= 0.6 is 0 Å². The largest absolute Gasteiger partial charge is 0.462 e. The molecule has 0 aromatic rings. The van der Waals surface area contributed by atoms with E-state index in [2.05, 4.69) is 74.6 Å². The van der Waals surface area contributed by atoms with Gasteiger partial charge in [0.25, 0.3) is 0 Å². The van der Waals surface area contributed by atoms with Crippen molar-refractivity contribution < 1.29 is 24.2 Å². The normalized spacial score (nSPS) is 12.8. The number of ether oxygens (including phenoxy) is 2. The molecule has 0 aliphatic carbocycles. The van der Waals surface area contributed by atoms with Crippen LogP contribution in [0, 0.1) is 0 Å². The van der Waals surface area contributed by atoms with Gasteiger partial charge in [-0.2, -0.15) is 0 Å². The van der Waals surface area contributed by atoms with E-state index in [0.717, 1.165) is 57.8 Å². The molecular weight excluding hydrogens is 693 g/mol. The van der Waals surface area contributed by atoms with E-state index in [4.69, 9.17) is 9.47 Å². The first kappa shape index (κ1) is 53.3. The number of hydrogen-bond donors (Lipinski definition) is 1. The first-order chi connectivity index (χ1) is 27.6. The zero-order valence-electron chi connectivity index (χ0n) is 36.6. The molecule has 0 saturated heterocycles. The zero-order chi connectivity index (χ0) is 40.7. The Kier molecular flexibility index (Phi) is 44.5. The van der Waals surface area contributed by atoms with Gasteiger partial charge in [0.15, 0.2) is 6.10 Å². The molecule has 5 heteroatoms. The van der Waals surface area contributed by atoms with E-state index in [1.54, 1.807) is 0 Å². The number of hydrogen-bond acceptors (Lipinski definition) is 5. The van der Waals surface area contributed by atoms with E-state index in [9.17, 15) is 14.7 Å². The van der Waals surface area contributed by atoms with Crippen LogP contribution in [0.25, 0.3) is 0 Å². The molecule has 5 nitrogen and oxygen atoms in total. The van der Waals surface area contributed by atoms with Crippen LogP contribution < -0.4 is 0 Å². The summed E-state index contributed by atoms with van der Waals surface area (Å²) in [7, 11) is 0. The fourth-order valence-electron chi connectivity index (χ4n) is 6.52. The third-order valence-corrected chi connectivity index (χ3v) is 10.0. The molecule has 56 heavy (non-hydrogen) atoms. The van der Waals surface area contributed by atoms with Gasteiger partial charge in [0.05, 0.1) is 6.61 Å². The Morgan fingerprint density at radius 3 is 1.12 bits per heavy atom. The third-order valence-electron chi connectivity index (χ3n) is 10.0. The van der Waals surface area contributed by atoms with Crippen molar-refractivity contribution >= 4 is 11.9 Å². The van der Waals surface area contributed by atoms with E-state index in [-0.39, 0.29) is 25.6 Å². The highest BCUT2D eigenvalue weighted by Gasteiger charge is 2.15. The molecule has 0 rings (SSSR count). The topological polar surface area (TPSA) is 72.8 Å². The Morgan fingerprint density at radius 2 is 0.768 bits per heavy atom. The summed E-state index contributed by atoms with van der Waals surface area (Å²) in [5.74, 6) is -0.685. The lowest BCUT2D eigenvalue weighted by molar-refractivity contribution is -0.161. The number of allylic oxidation sites excluding steroid dienone is 12. The maximum atomic E-state index is 12.2. The average Bonchev–Trinajstić information content (AvgIpc) is 3.20. The van der Waals surface area contributed by atoms with Gasteiger partial charge < -0.3 is 14.6 Å². The van der Waals surface area contributed by atoms with Gasteiger partial charge in [0, 0.05) is 12.8 Å². The number of aliphatic hydroxyl groups excluding tert-OH is 1. The molecule has 0 spiro atoms. The van der Waals surface area contributed by atoms with Crippen LogP contribution in [0.5, 0.6) is 0 Å². The van der Waals surface area contributed by atoms with Crippen molar-refractivity contribution in [2.24, 2.45) is 0 Å². The first-order valence-electron chi connectivity index (χ1n) is 23.5. The highest BCUT2D eigenvalue weighted by Crippen LogP contribution is 2.16. The van der Waals surface area contributed by atoms with Crippen molar-refractivity contribution in [2.45, 2.75) is 225 Å². The van der Waals surface area contributed by atoms with Gasteiger partial charge in [-0.25, -0.2) is 0 Å². The summed E-state index contributed by atoms with van der Waals surface area (Å²) in [4.78, 5) is 24.3. The molecule has 0 aromatic carbocycles. The highest BCUT2D eigenvalue weighted by atomic mass is 16.6. The zero-order valence-corrected chi connectivity index (χ0v) is 36.6. The van der Waals surface area contributed by atoms with Gasteiger partial charge >= 0.3 is 11.9 Å². The van der Waals surface area contributed by atoms with Crippen LogP contribution in [0.2, 0.25) is 0 Å². The number of unbranched alkanes of at least 4 members (excludes halogenated alkanes) is 22. The standard InChI is InChI=1S/C51H88O5/c1-3-5-7-9-11-13-15-17-19-21-23-24-25-26-28-29-31-33-35-37-39-41-43-45-50(53)55-48-49(47-52)56-51(54)46-44-42-40-38-36-34-32-30-27-22-20-18-16-14-12-10-8-6-4-2/h6,8,12,14,18,20,27,30,34,36,40,42,49,52H,3-5,7,9-11,13,15-17,19,21-26,28-29,31-33,35,37-39,41,43-48H2,1-2H3/b8-6-,14-12-,20-18-,30-27-,36-34-,42-40-. The van der Waals surface area contributed by atoms with Crippen LogP contribution in [-0.2, 0) is 19.1 Å². The predicted octanol–water partition coefficient (Wildman–Crippen LogP) is 15.3. The molecule has 1 unspecified atom stereocenters. The van der Waals surface area contributed by atoms with Crippen LogP contribution in [-0.4, -0.2) is 36.4 Å². The second kappa shape index (κ2) is 46.7. The Balaban J connectivity index is 3.59. The third kappa shape index (κ3) is 44.1. The summed E-state index contributed by atoms with van der Waals surface area (Å²) in [5.41, 5.74) is 0. The van der Waals surface area contributed by atoms with E-state index in [0.29, 0.717) is 12.8 Å². The number of rotatable bonds is 42. The van der Waals surface area contributed by atoms with Crippen molar-refractivity contribution in [3.8, 4) is 0 Å². The summed E-state index contributed by atoms with van der Waals surface area (Å²) in [6.07, 6.45) is 62.9. The molecule has 1 atom stereocenters. The molecule has 0 amide bonds. The molecule has 0 aliphatic heterocycles. The molecule has 0 saturated carbocycles. The molecule has 322 valence electrons. The summed E-state index contributed by atoms with van der Waals surface area (Å²) in [5, 5.41) is 9.59. The summed E-state index contributed by atoms with van der Waals surface area (Å²) in [6, 6.07) is 0. The predicted molar refractivity (Wildman–Crippen MR) is 242 cm³/mol. The van der Waals surface area contributed by atoms with Gasteiger partial charge in [0.1, 0.15) is 6.61 Å². The minimum absolute atomic E-state index is 0.0969. The molecule has 0 radical (unpaired) electrons. The quantitative estimate of drug-likeness (QED) is 0.0379. The summed E-state index contributed by atoms with van der Waals surface area (Å²) < 4.78 is 10.6. The van der Waals surface area contributed by atoms with Crippen molar-refractivity contribution in [3.63, 3.8) is 0 Å². The van der Waals surface area contributed by atoms with E-state index < -0.39 is 12.1 Å². The second-order valence-electron chi connectivity index (χ2n) is 15.5. The molecule has 0 heterocycles. The summed E-state index contributed by atoms with van der Waals surface area (Å²) in [6.45, 7) is 3.98. The smallest absolute Gasteiger partial charge is 0.306 e. The highest BCUT2D eigenvalue weighted by molar-refractivity contribution is 5.70. The SMILES string of the molecule is CC/C=C\C/C=C\C/C=C\C/C=C\C/C=C\C/C=C\CCC(=O)OC(CO)COC(=O)CCCCCCCCCCCCCCCCCCCCCCCCC. The van der Waals surface area contributed by atoms with E-state index in [1.165, 1.54) is 128 Å². The monoisotopic (exact) mass is 781 g/mol. The lowest BCUT2D eigenvalue weighted by atomic mass is 10.0. The lowest BCUT2D eigenvalue weighted by Crippen LogP contribution is -2.28. The van der Waals surface area contributed by atoms with E-state index >= 15 is 0 Å². The molecule has 0 aliphatic rings. The van der Waals surface area contributed by atoms with Crippen molar-refractivity contribution in [1.82, 2.24) is 0 Å². The second-order valence-corrected chi connectivity index (χ2v) is 15.5. The molecule has 1 N–H and O–H groups in total. The minimum atomic E-state index is -0.814. The fraction of sp³-hybridized carbons (Fsp3) is 0.725. The number of carbonyl (C=O) groups is 2. The van der Waals surface area contributed by atoms with Crippen LogP contribution in [0.1, 0.15) is 219 Å². The summed E-state index contributed by atoms with van der Waals surface area (Å²) >= 11 is 0.